The van der Waals surface area contributed by atoms with E-state index < -0.39 is 11.9 Å². The molecule has 1 aromatic heterocycles. The lowest BCUT2D eigenvalue weighted by Gasteiger charge is -2.18. The molecule has 1 N–H and O–H groups in total. The van der Waals surface area contributed by atoms with Crippen LogP contribution in [0, 0.1) is 13.8 Å². The molecule has 0 aliphatic carbocycles. The minimum Gasteiger partial charge on any atom is -0.462 e. The number of carbonyl (C=O) groups is 3. The second-order valence-corrected chi connectivity index (χ2v) is 7.67. The predicted octanol–water partition coefficient (Wildman–Crippen LogP) is 4.15. The van der Waals surface area contributed by atoms with Gasteiger partial charge in [0.25, 0.3) is 0 Å². The molecule has 0 spiro atoms. The fourth-order valence-corrected chi connectivity index (χ4v) is 2.91. The van der Waals surface area contributed by atoms with Crippen molar-refractivity contribution in [3.05, 3.63) is 57.9 Å². The Morgan fingerprint density at radius 1 is 0.964 bits per heavy atom. The largest absolute Gasteiger partial charge is 0.462 e. The van der Waals surface area contributed by atoms with E-state index in [1.807, 2.05) is 12.1 Å². The number of ether oxygens (including phenoxy) is 2. The van der Waals surface area contributed by atoms with Crippen molar-refractivity contribution >= 4 is 17.7 Å². The molecule has 6 heteroatoms. The van der Waals surface area contributed by atoms with E-state index in [0.717, 1.165) is 5.56 Å². The smallest absolute Gasteiger partial charge is 0.355 e. The predicted molar refractivity (Wildman–Crippen MR) is 106 cm³/mol. The Morgan fingerprint density at radius 2 is 1.57 bits per heavy atom. The molecule has 2 rings (SSSR count). The van der Waals surface area contributed by atoms with Gasteiger partial charge in [-0.2, -0.15) is 0 Å². The van der Waals surface area contributed by atoms with Gasteiger partial charge in [-0.15, -0.1) is 0 Å². The molecule has 0 bridgehead atoms. The van der Waals surface area contributed by atoms with E-state index in [9.17, 15) is 14.4 Å². The zero-order chi connectivity index (χ0) is 21.1. The number of nitrogens with one attached hydrogen (secondary N) is 1. The number of aromatic nitrogens is 1. The topological polar surface area (TPSA) is 85.5 Å². The number of H-pyrrole nitrogens is 1. The molecule has 0 atom stereocenters. The summed E-state index contributed by atoms with van der Waals surface area (Å²) >= 11 is 0. The number of ketones is 1. The van der Waals surface area contributed by atoms with Gasteiger partial charge >= 0.3 is 11.9 Å². The summed E-state index contributed by atoms with van der Waals surface area (Å²) in [5.74, 6) is -1.47. The van der Waals surface area contributed by atoms with Crippen molar-refractivity contribution in [2.75, 3.05) is 13.2 Å². The van der Waals surface area contributed by atoms with Crippen LogP contribution >= 0.6 is 0 Å². The summed E-state index contributed by atoms with van der Waals surface area (Å²) in [6.45, 7) is 11.2. The van der Waals surface area contributed by atoms with E-state index >= 15 is 0 Å². The third-order valence-corrected chi connectivity index (χ3v) is 4.53. The quantitative estimate of drug-likeness (QED) is 0.596. The fourth-order valence-electron chi connectivity index (χ4n) is 2.91. The van der Waals surface area contributed by atoms with Crippen molar-refractivity contribution in [3.63, 3.8) is 0 Å². The monoisotopic (exact) mass is 385 g/mol. The van der Waals surface area contributed by atoms with Gasteiger partial charge in [-0.05, 0) is 37.3 Å². The highest BCUT2D eigenvalue weighted by molar-refractivity contribution is 6.01. The average Bonchev–Trinajstić information content (AvgIpc) is 2.93. The Bertz CT molecular complexity index is 885. The van der Waals surface area contributed by atoms with Crippen LogP contribution in [0.15, 0.2) is 24.3 Å². The highest BCUT2D eigenvalue weighted by atomic mass is 16.5. The normalized spacial score (nSPS) is 11.2. The maximum absolute atomic E-state index is 12.4. The standard InChI is InChI=1S/C22H27NO5/c1-7-27-20(25)18-13(2)19(23-14(18)3)21(26)28-12-17(24)15-8-10-16(11-9-15)22(4,5)6/h8-11,23H,7,12H2,1-6H3. The van der Waals surface area contributed by atoms with Gasteiger partial charge in [0.1, 0.15) is 5.69 Å². The van der Waals surface area contributed by atoms with Gasteiger partial charge in [-0.25, -0.2) is 9.59 Å². The molecule has 0 amide bonds. The first kappa shape index (κ1) is 21.4. The van der Waals surface area contributed by atoms with Gasteiger partial charge < -0.3 is 14.5 Å². The highest BCUT2D eigenvalue weighted by Gasteiger charge is 2.24. The first-order valence-corrected chi connectivity index (χ1v) is 9.23. The number of esters is 2. The Hall–Kier alpha value is -2.89. The van der Waals surface area contributed by atoms with Crippen LogP contribution in [0.3, 0.4) is 0 Å². The maximum Gasteiger partial charge on any atom is 0.355 e. The number of Topliss-reactive ketones (excluding diaryl/α,β-unsaturated/α-hetero) is 1. The molecule has 28 heavy (non-hydrogen) atoms. The average molecular weight is 385 g/mol. The lowest BCUT2D eigenvalue weighted by Crippen LogP contribution is -2.16. The first-order valence-electron chi connectivity index (χ1n) is 9.23. The van der Waals surface area contributed by atoms with Crippen LogP contribution in [0.4, 0.5) is 0 Å². The summed E-state index contributed by atoms with van der Waals surface area (Å²) in [7, 11) is 0. The van der Waals surface area contributed by atoms with E-state index in [1.54, 1.807) is 32.9 Å². The van der Waals surface area contributed by atoms with Gasteiger partial charge in [0, 0.05) is 11.3 Å². The van der Waals surface area contributed by atoms with Crippen LogP contribution in [0.5, 0.6) is 0 Å². The number of carbonyl (C=O) groups excluding carboxylic acids is 3. The minimum absolute atomic E-state index is 0.00627. The number of hydrogen-bond donors (Lipinski definition) is 1. The van der Waals surface area contributed by atoms with Crippen LogP contribution in [-0.2, 0) is 14.9 Å². The molecule has 0 fully saturated rings. The third-order valence-electron chi connectivity index (χ3n) is 4.53. The summed E-state index contributed by atoms with van der Waals surface area (Å²) in [4.78, 5) is 39.6. The summed E-state index contributed by atoms with van der Waals surface area (Å²) in [5.41, 5.74) is 3.02. The SMILES string of the molecule is CCOC(=O)c1c(C)[nH]c(C(=O)OCC(=O)c2ccc(C(C)(C)C)cc2)c1C. The van der Waals surface area contributed by atoms with Crippen molar-refractivity contribution in [1.29, 1.82) is 0 Å². The number of aromatic amines is 1. The molecule has 0 aliphatic rings. The maximum atomic E-state index is 12.4. The van der Waals surface area contributed by atoms with E-state index in [1.165, 1.54) is 0 Å². The summed E-state index contributed by atoms with van der Waals surface area (Å²) < 4.78 is 10.2. The molecule has 1 aromatic carbocycles. The van der Waals surface area contributed by atoms with E-state index in [-0.39, 0.29) is 30.1 Å². The molecule has 0 radical (unpaired) electrons. The third kappa shape index (κ3) is 4.68. The number of aryl methyl sites for hydroxylation is 1. The summed E-state index contributed by atoms with van der Waals surface area (Å²) in [6.07, 6.45) is 0. The van der Waals surface area contributed by atoms with Crippen molar-refractivity contribution in [2.24, 2.45) is 0 Å². The van der Waals surface area contributed by atoms with Gasteiger partial charge in [0.15, 0.2) is 12.4 Å². The molecule has 0 saturated heterocycles. The molecule has 1 heterocycles. The van der Waals surface area contributed by atoms with Gasteiger partial charge in [0.05, 0.1) is 12.2 Å². The molecule has 0 aliphatic heterocycles. The van der Waals surface area contributed by atoms with Gasteiger partial charge in [0.2, 0.25) is 0 Å². The Morgan fingerprint density at radius 3 is 2.11 bits per heavy atom. The van der Waals surface area contributed by atoms with Crippen molar-refractivity contribution in [1.82, 2.24) is 4.98 Å². The molecule has 6 nitrogen and oxygen atoms in total. The number of rotatable bonds is 6. The Balaban J connectivity index is 2.07. The zero-order valence-corrected chi connectivity index (χ0v) is 17.3. The zero-order valence-electron chi connectivity index (χ0n) is 17.3. The van der Waals surface area contributed by atoms with Crippen LogP contribution < -0.4 is 0 Å². The van der Waals surface area contributed by atoms with Crippen molar-refractivity contribution < 1.29 is 23.9 Å². The van der Waals surface area contributed by atoms with Gasteiger partial charge in [-0.3, -0.25) is 4.79 Å². The fraction of sp³-hybridized carbons (Fsp3) is 0.409. The van der Waals surface area contributed by atoms with Crippen molar-refractivity contribution in [2.45, 2.75) is 47.0 Å². The highest BCUT2D eigenvalue weighted by Crippen LogP contribution is 2.23. The number of benzene rings is 1. The van der Waals surface area contributed by atoms with E-state index in [4.69, 9.17) is 9.47 Å². The van der Waals surface area contributed by atoms with Gasteiger partial charge in [-0.1, -0.05) is 45.0 Å². The second-order valence-electron chi connectivity index (χ2n) is 7.67. The number of hydrogen-bond acceptors (Lipinski definition) is 5. The lowest BCUT2D eigenvalue weighted by atomic mass is 9.86. The molecule has 2 aromatic rings. The Labute approximate surface area is 165 Å². The van der Waals surface area contributed by atoms with Crippen molar-refractivity contribution in [3.8, 4) is 0 Å². The molecular formula is C22H27NO5. The molecule has 0 saturated carbocycles. The summed E-state index contributed by atoms with van der Waals surface area (Å²) in [6, 6.07) is 7.28. The van der Waals surface area contributed by atoms with Crippen LogP contribution in [0.1, 0.15) is 75.7 Å². The molecule has 150 valence electrons. The van der Waals surface area contributed by atoms with E-state index in [0.29, 0.717) is 22.4 Å². The van der Waals surface area contributed by atoms with Crippen LogP contribution in [-0.4, -0.2) is 35.9 Å². The first-order chi connectivity index (χ1) is 13.1. The van der Waals surface area contributed by atoms with Crippen LogP contribution in [0.25, 0.3) is 0 Å². The van der Waals surface area contributed by atoms with Crippen LogP contribution in [0.2, 0.25) is 0 Å². The minimum atomic E-state index is -0.684. The lowest BCUT2D eigenvalue weighted by molar-refractivity contribution is 0.0468. The second kappa shape index (κ2) is 8.42. The molecular weight excluding hydrogens is 358 g/mol. The summed E-state index contributed by atoms with van der Waals surface area (Å²) in [5, 5.41) is 0. The molecule has 0 unspecified atom stereocenters. The van der Waals surface area contributed by atoms with E-state index in [2.05, 4.69) is 25.8 Å². The Kier molecular flexibility index (Phi) is 6.44.